The summed E-state index contributed by atoms with van der Waals surface area (Å²) < 4.78 is 4.51. The van der Waals surface area contributed by atoms with Crippen LogP contribution in [0.2, 0.25) is 0 Å². The number of carbonyl (C=O) groups is 3. The summed E-state index contributed by atoms with van der Waals surface area (Å²) in [5, 5.41) is 4.42. The average molecular weight is 298 g/mol. The highest BCUT2D eigenvalue weighted by molar-refractivity contribution is 7.12. The van der Waals surface area contributed by atoms with Gasteiger partial charge in [0.1, 0.15) is 6.04 Å². The summed E-state index contributed by atoms with van der Waals surface area (Å²) in [6, 6.07) is 2.82. The van der Waals surface area contributed by atoms with E-state index in [1.165, 1.54) is 23.3 Å². The van der Waals surface area contributed by atoms with Crippen LogP contribution in [0.3, 0.4) is 0 Å². The Balaban J connectivity index is 2.45. The van der Waals surface area contributed by atoms with E-state index in [9.17, 15) is 14.4 Å². The first-order valence-corrected chi connectivity index (χ1v) is 6.99. The third-order valence-electron chi connectivity index (χ3n) is 2.72. The monoisotopic (exact) mass is 298 g/mol. The largest absolute Gasteiger partial charge is 0.469 e. The number of amides is 2. The molecular weight excluding hydrogens is 280 g/mol. The smallest absolute Gasteiger partial charge is 0.307 e. The summed E-state index contributed by atoms with van der Waals surface area (Å²) in [5.41, 5.74) is 0. The van der Waals surface area contributed by atoms with E-state index in [2.05, 4.69) is 10.1 Å². The maximum Gasteiger partial charge on any atom is 0.307 e. The molecule has 0 saturated heterocycles. The van der Waals surface area contributed by atoms with Gasteiger partial charge in [0.25, 0.3) is 5.91 Å². The van der Waals surface area contributed by atoms with Crippen LogP contribution in [-0.4, -0.2) is 49.4 Å². The Labute approximate surface area is 121 Å². The molecule has 7 heteroatoms. The zero-order chi connectivity index (χ0) is 15.1. The number of thiophene rings is 1. The molecule has 1 aromatic heterocycles. The molecule has 1 unspecified atom stereocenters. The Kier molecular flexibility index (Phi) is 6.17. The van der Waals surface area contributed by atoms with E-state index in [1.54, 1.807) is 31.5 Å². The molecule has 0 fully saturated rings. The molecule has 0 radical (unpaired) electrons. The van der Waals surface area contributed by atoms with Crippen LogP contribution in [0.4, 0.5) is 0 Å². The average Bonchev–Trinajstić information content (AvgIpc) is 2.97. The predicted octanol–water partition coefficient (Wildman–Crippen LogP) is 0.888. The van der Waals surface area contributed by atoms with Crippen molar-refractivity contribution >= 4 is 29.1 Å². The number of nitrogens with zero attached hydrogens (tertiary/aromatic N) is 1. The second-order valence-electron chi connectivity index (χ2n) is 4.26. The highest BCUT2D eigenvalue weighted by Gasteiger charge is 2.20. The molecule has 1 N–H and O–H groups in total. The number of nitrogens with one attached hydrogen (secondary N) is 1. The molecule has 0 aliphatic heterocycles. The van der Waals surface area contributed by atoms with E-state index < -0.39 is 6.04 Å². The van der Waals surface area contributed by atoms with E-state index in [0.717, 1.165) is 0 Å². The number of rotatable bonds is 6. The van der Waals surface area contributed by atoms with Crippen molar-refractivity contribution in [2.75, 3.05) is 20.7 Å². The maximum absolute atomic E-state index is 12.0. The van der Waals surface area contributed by atoms with E-state index in [4.69, 9.17) is 0 Å². The van der Waals surface area contributed by atoms with Crippen LogP contribution in [0, 0.1) is 0 Å². The maximum atomic E-state index is 12.0. The molecule has 0 spiro atoms. The Bertz CT molecular complexity index is 473. The molecule has 1 aromatic rings. The van der Waals surface area contributed by atoms with Crippen LogP contribution in [0.5, 0.6) is 0 Å². The van der Waals surface area contributed by atoms with Crippen molar-refractivity contribution in [2.45, 2.75) is 19.4 Å². The number of esters is 1. The Morgan fingerprint density at radius 3 is 2.70 bits per heavy atom. The van der Waals surface area contributed by atoms with Crippen LogP contribution in [0.15, 0.2) is 17.5 Å². The quantitative estimate of drug-likeness (QED) is 0.791. The van der Waals surface area contributed by atoms with Crippen molar-refractivity contribution in [1.82, 2.24) is 10.2 Å². The van der Waals surface area contributed by atoms with Gasteiger partial charge in [0.2, 0.25) is 5.91 Å². The fourth-order valence-corrected chi connectivity index (χ4v) is 2.17. The van der Waals surface area contributed by atoms with Crippen molar-refractivity contribution in [3.05, 3.63) is 22.4 Å². The Morgan fingerprint density at radius 2 is 2.15 bits per heavy atom. The van der Waals surface area contributed by atoms with Gasteiger partial charge in [-0.05, 0) is 18.4 Å². The zero-order valence-electron chi connectivity index (χ0n) is 11.7. The van der Waals surface area contributed by atoms with Gasteiger partial charge in [0, 0.05) is 13.6 Å². The van der Waals surface area contributed by atoms with E-state index in [1.807, 2.05) is 0 Å². The summed E-state index contributed by atoms with van der Waals surface area (Å²) >= 11 is 1.31. The van der Waals surface area contributed by atoms with Gasteiger partial charge >= 0.3 is 5.97 Å². The fraction of sp³-hybridized carbons (Fsp3) is 0.462. The number of hydrogen-bond donors (Lipinski definition) is 1. The van der Waals surface area contributed by atoms with Gasteiger partial charge < -0.3 is 15.0 Å². The topological polar surface area (TPSA) is 75.7 Å². The molecule has 110 valence electrons. The minimum absolute atomic E-state index is 0.129. The second kappa shape index (κ2) is 7.64. The molecule has 20 heavy (non-hydrogen) atoms. The lowest BCUT2D eigenvalue weighted by Gasteiger charge is -2.21. The number of likely N-dealkylation sites (N-methyl/N-ethyl adjacent to an activating group) is 1. The number of methoxy groups -OCH3 is 1. The van der Waals surface area contributed by atoms with Crippen molar-refractivity contribution in [3.63, 3.8) is 0 Å². The molecule has 0 aromatic carbocycles. The van der Waals surface area contributed by atoms with E-state index in [-0.39, 0.29) is 30.7 Å². The molecule has 0 saturated carbocycles. The van der Waals surface area contributed by atoms with Gasteiger partial charge in [0.05, 0.1) is 18.4 Å². The first-order chi connectivity index (χ1) is 9.45. The van der Waals surface area contributed by atoms with Crippen LogP contribution in [-0.2, 0) is 14.3 Å². The lowest BCUT2D eigenvalue weighted by atomic mass is 10.2. The normalized spacial score (nSPS) is 11.6. The molecule has 2 amide bonds. The van der Waals surface area contributed by atoms with E-state index in [0.29, 0.717) is 4.88 Å². The van der Waals surface area contributed by atoms with Crippen LogP contribution < -0.4 is 5.32 Å². The Hall–Kier alpha value is -1.89. The lowest BCUT2D eigenvalue weighted by molar-refractivity contribution is -0.141. The first-order valence-electron chi connectivity index (χ1n) is 6.12. The minimum atomic E-state index is -0.646. The van der Waals surface area contributed by atoms with Crippen molar-refractivity contribution in [1.29, 1.82) is 0 Å². The molecule has 0 bridgehead atoms. The third kappa shape index (κ3) is 4.65. The molecule has 0 aliphatic carbocycles. The summed E-state index contributed by atoms with van der Waals surface area (Å²) in [6.07, 6.45) is 0.129. The van der Waals surface area contributed by atoms with Gasteiger partial charge in [-0.3, -0.25) is 14.4 Å². The van der Waals surface area contributed by atoms with Gasteiger partial charge in [-0.15, -0.1) is 11.3 Å². The fourth-order valence-electron chi connectivity index (χ4n) is 1.54. The highest BCUT2D eigenvalue weighted by atomic mass is 32.1. The first kappa shape index (κ1) is 16.2. The molecule has 6 nitrogen and oxygen atoms in total. The molecule has 1 heterocycles. The minimum Gasteiger partial charge on any atom is -0.469 e. The molecular formula is C13H18N2O4S. The SMILES string of the molecule is COC(=O)CCN(C)C(=O)C(C)NC(=O)c1cccs1. The highest BCUT2D eigenvalue weighted by Crippen LogP contribution is 2.08. The summed E-state index contributed by atoms with van der Waals surface area (Å²) in [4.78, 5) is 36.8. The molecule has 0 aliphatic rings. The van der Waals surface area contributed by atoms with Crippen LogP contribution in [0.25, 0.3) is 0 Å². The van der Waals surface area contributed by atoms with Gasteiger partial charge in [-0.25, -0.2) is 0 Å². The molecule has 1 atom stereocenters. The van der Waals surface area contributed by atoms with Gasteiger partial charge in [-0.1, -0.05) is 6.07 Å². The second-order valence-corrected chi connectivity index (χ2v) is 5.21. The van der Waals surface area contributed by atoms with Crippen LogP contribution in [0.1, 0.15) is 23.0 Å². The van der Waals surface area contributed by atoms with Crippen molar-refractivity contribution in [3.8, 4) is 0 Å². The van der Waals surface area contributed by atoms with Gasteiger partial charge in [0.15, 0.2) is 0 Å². The summed E-state index contributed by atoms with van der Waals surface area (Å²) in [6.45, 7) is 1.87. The van der Waals surface area contributed by atoms with Crippen molar-refractivity contribution < 1.29 is 19.1 Å². The zero-order valence-corrected chi connectivity index (χ0v) is 12.5. The van der Waals surface area contributed by atoms with Gasteiger partial charge in [-0.2, -0.15) is 0 Å². The van der Waals surface area contributed by atoms with Crippen molar-refractivity contribution in [2.24, 2.45) is 0 Å². The Morgan fingerprint density at radius 1 is 1.45 bits per heavy atom. The predicted molar refractivity (Wildman–Crippen MR) is 75.5 cm³/mol. The number of carbonyl (C=O) groups excluding carboxylic acids is 3. The summed E-state index contributed by atoms with van der Waals surface area (Å²) in [7, 11) is 2.88. The standard InChI is InChI=1S/C13H18N2O4S/c1-9(14-12(17)10-5-4-8-20-10)13(18)15(2)7-6-11(16)19-3/h4-5,8-9H,6-7H2,1-3H3,(H,14,17). The lowest BCUT2D eigenvalue weighted by Crippen LogP contribution is -2.45. The molecule has 1 rings (SSSR count). The number of ether oxygens (including phenoxy) is 1. The number of hydrogen-bond acceptors (Lipinski definition) is 5. The van der Waals surface area contributed by atoms with Crippen LogP contribution >= 0.6 is 11.3 Å². The third-order valence-corrected chi connectivity index (χ3v) is 3.59. The van der Waals surface area contributed by atoms with E-state index >= 15 is 0 Å². The summed E-state index contributed by atoms with van der Waals surface area (Å²) in [5.74, 6) is -0.902.